The average molecular weight is 636 g/mol. The van der Waals surface area contributed by atoms with Gasteiger partial charge in [0.1, 0.15) is 17.7 Å². The number of rotatable bonds is 12. The summed E-state index contributed by atoms with van der Waals surface area (Å²) in [5, 5.41) is 32.8. The number of nitrogens with zero attached hydrogens (tertiary/aromatic N) is 5. The van der Waals surface area contributed by atoms with E-state index in [1.807, 2.05) is 12.1 Å². The Morgan fingerprint density at radius 1 is 1.16 bits per heavy atom. The molecule has 1 saturated heterocycles. The Hall–Kier alpha value is -4.45. The van der Waals surface area contributed by atoms with E-state index in [2.05, 4.69) is 25.9 Å². The van der Waals surface area contributed by atoms with Crippen molar-refractivity contribution in [2.45, 2.75) is 55.8 Å². The first-order valence-corrected chi connectivity index (χ1v) is 14.4. The van der Waals surface area contributed by atoms with Crippen LogP contribution in [0.25, 0.3) is 11.2 Å². The van der Waals surface area contributed by atoms with Crippen molar-refractivity contribution in [1.29, 1.82) is 0 Å². The van der Waals surface area contributed by atoms with Crippen LogP contribution in [0.5, 0.6) is 0 Å². The highest BCUT2D eigenvalue weighted by atomic mass is 35.5. The molecule has 45 heavy (non-hydrogen) atoms. The lowest BCUT2D eigenvalue weighted by atomic mass is 9.92. The van der Waals surface area contributed by atoms with Crippen LogP contribution in [0.4, 0.5) is 0 Å². The Kier molecular flexibility index (Phi) is 9.42. The number of benzene rings is 1. The van der Waals surface area contributed by atoms with Gasteiger partial charge in [-0.25, -0.2) is 19.6 Å². The summed E-state index contributed by atoms with van der Waals surface area (Å²) in [4.78, 5) is 42.7. The summed E-state index contributed by atoms with van der Waals surface area (Å²) in [5.74, 6) is -0.611. The zero-order valence-electron chi connectivity index (χ0n) is 24.1. The number of aryl methyl sites for hydroxylation is 2. The van der Waals surface area contributed by atoms with Crippen molar-refractivity contribution in [3.05, 3.63) is 83.3 Å². The lowest BCUT2D eigenvalue weighted by Gasteiger charge is -2.31. The van der Waals surface area contributed by atoms with Crippen LogP contribution in [0.15, 0.2) is 61.2 Å². The molecule has 4 aromatic rings. The lowest BCUT2D eigenvalue weighted by Crippen LogP contribution is -2.55. The number of carbonyl (C=O) groups excluding carboxylic acids is 1. The zero-order valence-corrected chi connectivity index (χ0v) is 24.9. The summed E-state index contributed by atoms with van der Waals surface area (Å²) < 4.78 is 18.2. The molecule has 14 heteroatoms. The number of aliphatic hydroxyl groups is 2. The van der Waals surface area contributed by atoms with Crippen LogP contribution in [-0.2, 0) is 43.1 Å². The van der Waals surface area contributed by atoms with Gasteiger partial charge in [-0.1, -0.05) is 36.3 Å². The highest BCUT2D eigenvalue weighted by molar-refractivity contribution is 6.28. The third kappa shape index (κ3) is 6.24. The first-order chi connectivity index (χ1) is 21.6. The van der Waals surface area contributed by atoms with Crippen molar-refractivity contribution in [3.8, 4) is 12.3 Å². The molecule has 1 unspecified atom stereocenters. The average Bonchev–Trinajstić information content (AvgIpc) is 3.57. The van der Waals surface area contributed by atoms with Crippen LogP contribution < -0.4 is 0 Å². The standard InChI is InChI=1S/C31H30ClN5O8/c1-3-30(42)22(17-44-31(27(39)40,28(41)43-4-2)16-20-8-6-5-7-9-20)45-26(24(30)38)37-18-34-23-21(35-29(32)36-25(23)37)11-10-19-12-14-33-15-13-19/h1,5-9,12-15,18,22,24,26,38,42H,4,10-11,16-17H2,2H3,(H,39,40)/t22-,24+,26-,30-,31?/m1/s1. The number of aromatic nitrogens is 5. The summed E-state index contributed by atoms with van der Waals surface area (Å²) in [6.07, 6.45) is 6.49. The number of esters is 1. The molecule has 1 fully saturated rings. The first-order valence-electron chi connectivity index (χ1n) is 14.0. The van der Waals surface area contributed by atoms with Gasteiger partial charge in [0.2, 0.25) is 5.28 Å². The van der Waals surface area contributed by atoms with Crippen molar-refractivity contribution < 1.29 is 39.1 Å². The number of terminal acetylenes is 1. The van der Waals surface area contributed by atoms with E-state index in [0.29, 0.717) is 29.6 Å². The van der Waals surface area contributed by atoms with E-state index in [0.717, 1.165) is 5.56 Å². The third-order valence-corrected chi connectivity index (χ3v) is 7.78. The van der Waals surface area contributed by atoms with Crippen LogP contribution in [0.1, 0.15) is 30.0 Å². The number of carbonyl (C=O) groups is 2. The monoisotopic (exact) mass is 635 g/mol. The first kappa shape index (κ1) is 32.0. The van der Waals surface area contributed by atoms with E-state index in [4.69, 9.17) is 32.2 Å². The van der Waals surface area contributed by atoms with Crippen LogP contribution >= 0.6 is 11.6 Å². The minimum absolute atomic E-state index is 0.0739. The Balaban J connectivity index is 1.43. The predicted molar refractivity (Wildman–Crippen MR) is 159 cm³/mol. The minimum atomic E-state index is -2.51. The van der Waals surface area contributed by atoms with Crippen LogP contribution in [0, 0.1) is 12.3 Å². The van der Waals surface area contributed by atoms with Gasteiger partial charge in [0.05, 0.1) is 25.2 Å². The number of ether oxygens (including phenoxy) is 3. The van der Waals surface area contributed by atoms with Crippen LogP contribution in [0.2, 0.25) is 5.28 Å². The second kappa shape index (κ2) is 13.3. The molecule has 1 aliphatic heterocycles. The van der Waals surface area contributed by atoms with Crippen LogP contribution in [0.3, 0.4) is 0 Å². The quantitative estimate of drug-likeness (QED) is 0.0893. The molecular formula is C31H30ClN5O8. The van der Waals surface area contributed by atoms with Crippen molar-refractivity contribution in [3.63, 3.8) is 0 Å². The molecule has 0 radical (unpaired) electrons. The van der Waals surface area contributed by atoms with E-state index in [9.17, 15) is 24.9 Å². The third-order valence-electron chi connectivity index (χ3n) is 7.61. The number of fused-ring (bicyclic) bond motifs is 1. The molecule has 1 aromatic carbocycles. The molecule has 4 heterocycles. The van der Waals surface area contributed by atoms with Gasteiger partial charge in [0, 0.05) is 18.8 Å². The van der Waals surface area contributed by atoms with Gasteiger partial charge in [-0.3, -0.25) is 9.55 Å². The van der Waals surface area contributed by atoms with Crippen molar-refractivity contribution in [2.24, 2.45) is 0 Å². The number of aliphatic hydroxyl groups excluding tert-OH is 1. The Bertz CT molecular complexity index is 1720. The van der Waals surface area contributed by atoms with Gasteiger partial charge in [0.15, 0.2) is 17.5 Å². The lowest BCUT2D eigenvalue weighted by molar-refractivity contribution is -0.194. The minimum Gasteiger partial charge on any atom is -0.479 e. The number of imidazole rings is 1. The van der Waals surface area contributed by atoms with Crippen molar-refractivity contribution in [1.82, 2.24) is 24.5 Å². The molecule has 234 valence electrons. The maximum Gasteiger partial charge on any atom is 0.350 e. The molecule has 0 bridgehead atoms. The van der Waals surface area contributed by atoms with E-state index < -0.39 is 48.2 Å². The summed E-state index contributed by atoms with van der Waals surface area (Å²) in [6, 6.07) is 12.1. The fourth-order valence-corrected chi connectivity index (χ4v) is 5.37. The molecular weight excluding hydrogens is 606 g/mol. The highest BCUT2D eigenvalue weighted by Crippen LogP contribution is 2.39. The van der Waals surface area contributed by atoms with Gasteiger partial charge < -0.3 is 29.5 Å². The predicted octanol–water partition coefficient (Wildman–Crippen LogP) is 1.93. The van der Waals surface area contributed by atoms with E-state index in [-0.39, 0.29) is 24.0 Å². The maximum absolute atomic E-state index is 13.1. The molecule has 0 amide bonds. The van der Waals surface area contributed by atoms with E-state index in [1.165, 1.54) is 17.8 Å². The molecule has 3 N–H and O–H groups in total. The van der Waals surface area contributed by atoms with Crippen LogP contribution in [-0.4, -0.2) is 88.4 Å². The van der Waals surface area contributed by atoms with E-state index in [1.54, 1.807) is 42.7 Å². The molecule has 0 saturated carbocycles. The summed E-state index contributed by atoms with van der Waals surface area (Å²) in [7, 11) is 0. The number of hydrogen-bond donors (Lipinski definition) is 3. The molecule has 5 rings (SSSR count). The fourth-order valence-electron chi connectivity index (χ4n) is 5.19. The van der Waals surface area contributed by atoms with Gasteiger partial charge in [-0.2, -0.15) is 4.98 Å². The maximum atomic E-state index is 13.1. The Morgan fingerprint density at radius 3 is 2.56 bits per heavy atom. The number of hydrogen-bond acceptors (Lipinski definition) is 11. The van der Waals surface area contributed by atoms with Gasteiger partial charge in [0.25, 0.3) is 5.60 Å². The second-order valence-corrected chi connectivity index (χ2v) is 10.7. The molecule has 3 aromatic heterocycles. The summed E-state index contributed by atoms with van der Waals surface area (Å²) >= 11 is 6.26. The SMILES string of the molecule is C#C[C@@]1(O)[C@@H](COC(Cc2ccccc2)(C(=O)O)C(=O)OCC)O[C@@H](n2cnc3c(CCc4ccncc4)nc(Cl)nc32)[C@@H]1O. The number of carboxylic acids is 1. The van der Waals surface area contributed by atoms with Gasteiger partial charge in [-0.15, -0.1) is 6.42 Å². The number of pyridine rings is 1. The second-order valence-electron chi connectivity index (χ2n) is 10.4. The molecule has 0 aliphatic carbocycles. The molecule has 13 nitrogen and oxygen atoms in total. The molecule has 1 aliphatic rings. The number of carboxylic acid groups (broad SMARTS) is 1. The van der Waals surface area contributed by atoms with E-state index >= 15 is 0 Å². The molecule has 0 spiro atoms. The van der Waals surface area contributed by atoms with Crippen molar-refractivity contribution in [2.75, 3.05) is 13.2 Å². The largest absolute Gasteiger partial charge is 0.479 e. The smallest absolute Gasteiger partial charge is 0.350 e. The number of aliphatic carboxylic acids is 1. The molecule has 5 atom stereocenters. The Labute approximate surface area is 262 Å². The van der Waals surface area contributed by atoms with Crippen molar-refractivity contribution >= 4 is 34.7 Å². The number of halogens is 1. The fraction of sp³-hybridized carbons (Fsp3) is 0.355. The normalized spacial score (nSPS) is 22.5. The zero-order chi connectivity index (χ0) is 32.2. The topological polar surface area (TPSA) is 179 Å². The Morgan fingerprint density at radius 2 is 1.89 bits per heavy atom. The summed E-state index contributed by atoms with van der Waals surface area (Å²) in [6.45, 7) is 0.719. The van der Waals surface area contributed by atoms with Gasteiger partial charge >= 0.3 is 11.9 Å². The summed E-state index contributed by atoms with van der Waals surface area (Å²) in [5.41, 5.74) is -2.23. The highest BCUT2D eigenvalue weighted by Gasteiger charge is 2.58. The van der Waals surface area contributed by atoms with Gasteiger partial charge in [-0.05, 0) is 54.6 Å².